The van der Waals surface area contributed by atoms with Crippen molar-refractivity contribution in [2.75, 3.05) is 31.6 Å². The van der Waals surface area contributed by atoms with E-state index in [1.807, 2.05) is 6.92 Å². The lowest BCUT2D eigenvalue weighted by Crippen LogP contribution is -2.40. The van der Waals surface area contributed by atoms with Crippen molar-refractivity contribution in [3.05, 3.63) is 46.5 Å². The summed E-state index contributed by atoms with van der Waals surface area (Å²) >= 11 is 0. The Labute approximate surface area is 188 Å². The normalized spacial score (nSPS) is 22.2. The Bertz CT molecular complexity index is 1050. The fraction of sp³-hybridized carbons (Fsp3) is 0.500. The first-order valence-corrected chi connectivity index (χ1v) is 10.6. The number of rotatable bonds is 5. The van der Waals surface area contributed by atoms with Gasteiger partial charge >= 0.3 is 6.18 Å². The molecule has 8 nitrogen and oxygen atoms in total. The number of aliphatic hydroxyl groups excluding tert-OH is 1. The molecule has 1 unspecified atom stereocenters. The number of carbonyl (C=O) groups excluding carboxylic acids is 2. The summed E-state index contributed by atoms with van der Waals surface area (Å²) in [7, 11) is 1.64. The molecule has 1 aromatic heterocycles. The molecule has 0 radical (unpaired) electrons. The Morgan fingerprint density at radius 2 is 2.03 bits per heavy atom. The zero-order chi connectivity index (χ0) is 24.1. The van der Waals surface area contributed by atoms with Crippen molar-refractivity contribution >= 4 is 17.6 Å². The van der Waals surface area contributed by atoms with Gasteiger partial charge in [0, 0.05) is 36.5 Å². The van der Waals surface area contributed by atoms with Gasteiger partial charge in [-0.15, -0.1) is 0 Å². The van der Waals surface area contributed by atoms with Gasteiger partial charge in [0.2, 0.25) is 5.91 Å². The summed E-state index contributed by atoms with van der Waals surface area (Å²) in [6, 6.07) is 1.26. The SMILES string of the molecule is CC1=C(OCC(F)(F)F)N(C)CC(C(C)N2Cc3c(ccnc3N3C[C@H](O)CC3=O)C2=O)=C1. The predicted octanol–water partition coefficient (Wildman–Crippen LogP) is 2.21. The number of ether oxygens (including phenoxy) is 1. The van der Waals surface area contributed by atoms with Crippen LogP contribution >= 0.6 is 0 Å². The third-order valence-electron chi connectivity index (χ3n) is 6.10. The van der Waals surface area contributed by atoms with Crippen molar-refractivity contribution in [3.63, 3.8) is 0 Å². The van der Waals surface area contributed by atoms with Crippen LogP contribution in [-0.2, 0) is 16.1 Å². The number of amides is 2. The van der Waals surface area contributed by atoms with E-state index in [0.29, 0.717) is 29.1 Å². The number of pyridine rings is 1. The molecule has 1 aromatic rings. The van der Waals surface area contributed by atoms with Crippen LogP contribution in [0.15, 0.2) is 35.4 Å². The molecule has 3 aliphatic heterocycles. The van der Waals surface area contributed by atoms with E-state index in [1.54, 1.807) is 35.9 Å². The zero-order valence-corrected chi connectivity index (χ0v) is 18.5. The van der Waals surface area contributed by atoms with Gasteiger partial charge in [0.1, 0.15) is 5.82 Å². The minimum atomic E-state index is -4.43. The largest absolute Gasteiger partial charge is 0.469 e. The summed E-state index contributed by atoms with van der Waals surface area (Å²) in [6.45, 7) is 2.82. The number of β-amino-alcohol motifs (C(OH)–C–C–N with tert-alkyl or cyclic N) is 1. The topological polar surface area (TPSA) is 86.2 Å². The maximum atomic E-state index is 13.2. The molecule has 2 atom stereocenters. The van der Waals surface area contributed by atoms with Gasteiger partial charge in [0.15, 0.2) is 12.5 Å². The van der Waals surface area contributed by atoms with Crippen molar-refractivity contribution < 1.29 is 32.6 Å². The number of aromatic nitrogens is 1. The van der Waals surface area contributed by atoms with E-state index in [1.165, 1.54) is 11.1 Å². The molecule has 4 rings (SSSR count). The van der Waals surface area contributed by atoms with Crippen LogP contribution in [0.5, 0.6) is 0 Å². The molecule has 3 aliphatic rings. The Kier molecular flexibility index (Phi) is 5.85. The average Bonchev–Trinajstić information content (AvgIpc) is 3.24. The third-order valence-corrected chi connectivity index (χ3v) is 6.10. The molecule has 11 heteroatoms. The van der Waals surface area contributed by atoms with Crippen LogP contribution in [0.2, 0.25) is 0 Å². The first-order valence-electron chi connectivity index (χ1n) is 10.6. The van der Waals surface area contributed by atoms with Gasteiger partial charge in [-0.25, -0.2) is 4.98 Å². The van der Waals surface area contributed by atoms with Crippen LogP contribution in [0.3, 0.4) is 0 Å². The Hall–Kier alpha value is -3.08. The van der Waals surface area contributed by atoms with Gasteiger partial charge in [-0.05, 0) is 25.5 Å². The molecule has 0 aliphatic carbocycles. The van der Waals surface area contributed by atoms with Gasteiger partial charge in [-0.2, -0.15) is 13.2 Å². The van der Waals surface area contributed by atoms with Crippen molar-refractivity contribution in [3.8, 4) is 0 Å². The molecular weight excluding hydrogens is 441 g/mol. The van der Waals surface area contributed by atoms with Crippen molar-refractivity contribution in [1.29, 1.82) is 0 Å². The average molecular weight is 466 g/mol. The lowest BCUT2D eigenvalue weighted by atomic mass is 10.0. The number of alkyl halides is 3. The summed E-state index contributed by atoms with van der Waals surface area (Å²) in [4.78, 5) is 34.4. The molecule has 0 bridgehead atoms. The minimum Gasteiger partial charge on any atom is -0.469 e. The molecule has 1 N–H and O–H groups in total. The first-order chi connectivity index (χ1) is 15.5. The quantitative estimate of drug-likeness (QED) is 0.716. The monoisotopic (exact) mass is 466 g/mol. The fourth-order valence-corrected chi connectivity index (χ4v) is 4.53. The number of aliphatic hydroxyl groups is 1. The molecule has 4 heterocycles. The van der Waals surface area contributed by atoms with Gasteiger partial charge in [0.05, 0.1) is 31.7 Å². The van der Waals surface area contributed by atoms with Gasteiger partial charge in [-0.3, -0.25) is 14.5 Å². The van der Waals surface area contributed by atoms with E-state index < -0.39 is 18.9 Å². The van der Waals surface area contributed by atoms with Crippen LogP contribution in [-0.4, -0.2) is 76.8 Å². The second-order valence-electron chi connectivity index (χ2n) is 8.60. The number of fused-ring (bicyclic) bond motifs is 1. The maximum Gasteiger partial charge on any atom is 0.422 e. The van der Waals surface area contributed by atoms with E-state index in [-0.39, 0.29) is 43.2 Å². The number of hydrogen-bond donors (Lipinski definition) is 1. The van der Waals surface area contributed by atoms with Crippen LogP contribution in [0, 0.1) is 0 Å². The van der Waals surface area contributed by atoms with Crippen molar-refractivity contribution in [2.24, 2.45) is 0 Å². The predicted molar refractivity (Wildman–Crippen MR) is 112 cm³/mol. The Balaban J connectivity index is 1.56. The highest BCUT2D eigenvalue weighted by atomic mass is 19.4. The third kappa shape index (κ3) is 4.41. The highest BCUT2D eigenvalue weighted by Crippen LogP contribution is 2.35. The van der Waals surface area contributed by atoms with Crippen LogP contribution < -0.4 is 4.90 Å². The van der Waals surface area contributed by atoms with E-state index in [9.17, 15) is 27.9 Å². The second kappa shape index (κ2) is 8.36. The lowest BCUT2D eigenvalue weighted by molar-refractivity contribution is -0.169. The molecular formula is C22H25F3N4O4. The molecule has 0 aromatic carbocycles. The molecule has 0 saturated carbocycles. The summed E-state index contributed by atoms with van der Waals surface area (Å²) in [5.41, 5.74) is 2.46. The molecule has 1 fully saturated rings. The smallest absolute Gasteiger partial charge is 0.422 e. The Morgan fingerprint density at radius 3 is 2.64 bits per heavy atom. The minimum absolute atomic E-state index is 0.0169. The molecule has 33 heavy (non-hydrogen) atoms. The summed E-state index contributed by atoms with van der Waals surface area (Å²) in [5.74, 6) is 0.0754. The number of allylic oxidation sites excluding steroid dienone is 2. The standard InChI is InChI=1S/C22H25F3N4O4/c1-12-6-14(8-27(3)21(12)33-11-22(23,24)25)13(2)28-10-17-16(20(28)32)4-5-26-19(17)29-9-15(30)7-18(29)31/h4-6,13,15,30H,7-11H2,1-3H3/t13?,15-/m1/s1. The van der Waals surface area contributed by atoms with Gasteiger partial charge in [0.25, 0.3) is 5.91 Å². The molecule has 2 amide bonds. The van der Waals surface area contributed by atoms with Crippen LogP contribution in [0.4, 0.5) is 19.0 Å². The van der Waals surface area contributed by atoms with E-state index in [4.69, 9.17) is 4.74 Å². The highest BCUT2D eigenvalue weighted by Gasteiger charge is 2.39. The fourth-order valence-electron chi connectivity index (χ4n) is 4.53. The molecule has 1 saturated heterocycles. The first kappa shape index (κ1) is 23.1. The second-order valence-corrected chi connectivity index (χ2v) is 8.60. The van der Waals surface area contributed by atoms with E-state index >= 15 is 0 Å². The maximum absolute atomic E-state index is 13.2. The number of halogens is 3. The van der Waals surface area contributed by atoms with Crippen LogP contribution in [0.25, 0.3) is 0 Å². The molecule has 178 valence electrons. The summed E-state index contributed by atoms with van der Waals surface area (Å²) in [6.07, 6.45) is -1.95. The number of anilines is 1. The van der Waals surface area contributed by atoms with Gasteiger partial charge in [-0.1, -0.05) is 6.08 Å². The lowest BCUT2D eigenvalue weighted by Gasteiger charge is -2.34. The van der Waals surface area contributed by atoms with Gasteiger partial charge < -0.3 is 19.6 Å². The van der Waals surface area contributed by atoms with E-state index in [0.717, 1.165) is 5.57 Å². The molecule has 0 spiro atoms. The van der Waals surface area contributed by atoms with Crippen molar-refractivity contribution in [1.82, 2.24) is 14.8 Å². The van der Waals surface area contributed by atoms with Crippen LogP contribution in [0.1, 0.15) is 36.2 Å². The Morgan fingerprint density at radius 1 is 1.30 bits per heavy atom. The number of nitrogens with zero attached hydrogens (tertiary/aromatic N) is 4. The summed E-state index contributed by atoms with van der Waals surface area (Å²) in [5, 5.41) is 9.84. The zero-order valence-electron chi connectivity index (χ0n) is 18.5. The number of carbonyl (C=O) groups is 2. The summed E-state index contributed by atoms with van der Waals surface area (Å²) < 4.78 is 42.7. The van der Waals surface area contributed by atoms with Crippen molar-refractivity contribution in [2.45, 2.75) is 45.1 Å². The number of hydrogen-bond acceptors (Lipinski definition) is 6. The number of likely N-dealkylation sites (N-methyl/N-ethyl adjacent to an activating group) is 1. The van der Waals surface area contributed by atoms with E-state index in [2.05, 4.69) is 4.98 Å². The highest BCUT2D eigenvalue weighted by molar-refractivity contribution is 6.03.